The Hall–Kier alpha value is -2.93. The fraction of sp³-hybridized carbons (Fsp3) is 0.318. The number of anilines is 2. The van der Waals surface area contributed by atoms with E-state index in [-0.39, 0.29) is 5.91 Å². The van der Waals surface area contributed by atoms with Gasteiger partial charge in [-0.1, -0.05) is 18.2 Å². The third kappa shape index (κ3) is 4.24. The Balaban J connectivity index is 1.41. The zero-order valence-corrected chi connectivity index (χ0v) is 17.8. The molecule has 1 fully saturated rings. The molecule has 150 valence electrons. The quantitative estimate of drug-likeness (QED) is 0.662. The van der Waals surface area contributed by atoms with E-state index in [2.05, 4.69) is 26.3 Å². The predicted octanol–water partition coefficient (Wildman–Crippen LogP) is 3.54. The van der Waals surface area contributed by atoms with Crippen molar-refractivity contribution in [3.05, 3.63) is 59.1 Å². The normalized spacial score (nSPS) is 14.2. The van der Waals surface area contributed by atoms with Crippen LogP contribution in [0.2, 0.25) is 0 Å². The van der Waals surface area contributed by atoms with Gasteiger partial charge < -0.3 is 14.7 Å². The van der Waals surface area contributed by atoms with Crippen LogP contribution >= 0.6 is 11.3 Å². The molecule has 0 saturated carbocycles. The van der Waals surface area contributed by atoms with Crippen molar-refractivity contribution in [2.45, 2.75) is 6.92 Å². The number of hydrogen-bond acceptors (Lipinski definition) is 6. The Kier molecular flexibility index (Phi) is 5.49. The second-order valence-corrected chi connectivity index (χ2v) is 8.34. The number of nitrogens with zero attached hydrogens (tertiary/aromatic N) is 5. The number of carbonyl (C=O) groups is 1. The Morgan fingerprint density at radius 2 is 1.76 bits per heavy atom. The molecule has 0 N–H and O–H groups in total. The molecule has 0 bridgehead atoms. The van der Waals surface area contributed by atoms with Crippen LogP contribution in [-0.2, 0) is 0 Å². The average molecular weight is 408 g/mol. The van der Waals surface area contributed by atoms with Gasteiger partial charge in [-0.15, -0.1) is 11.3 Å². The molecular formula is C22H25N5OS. The third-order valence-corrected chi connectivity index (χ3v) is 5.99. The Bertz CT molecular complexity index is 977. The molecule has 1 saturated heterocycles. The Morgan fingerprint density at radius 3 is 2.38 bits per heavy atom. The molecule has 7 heteroatoms. The first-order valence-corrected chi connectivity index (χ1v) is 10.6. The second kappa shape index (κ2) is 8.21. The summed E-state index contributed by atoms with van der Waals surface area (Å²) in [4.78, 5) is 29.4. The van der Waals surface area contributed by atoms with Gasteiger partial charge in [-0.2, -0.15) is 4.98 Å². The van der Waals surface area contributed by atoms with E-state index in [9.17, 15) is 4.79 Å². The number of thiophene rings is 1. The van der Waals surface area contributed by atoms with Gasteiger partial charge in [0, 0.05) is 62.5 Å². The second-order valence-electron chi connectivity index (χ2n) is 7.40. The van der Waals surface area contributed by atoms with Crippen molar-refractivity contribution in [2.24, 2.45) is 0 Å². The van der Waals surface area contributed by atoms with Crippen molar-refractivity contribution in [1.82, 2.24) is 14.9 Å². The molecule has 1 aromatic carbocycles. The summed E-state index contributed by atoms with van der Waals surface area (Å²) in [6.45, 7) is 4.78. The summed E-state index contributed by atoms with van der Waals surface area (Å²) in [7, 11) is 3.96. The topological polar surface area (TPSA) is 52.6 Å². The number of amides is 1. The smallest absolute Gasteiger partial charge is 0.253 e. The van der Waals surface area contributed by atoms with Gasteiger partial charge in [-0.05, 0) is 36.1 Å². The van der Waals surface area contributed by atoms with Crippen molar-refractivity contribution in [3.8, 4) is 10.4 Å². The Labute approximate surface area is 175 Å². The van der Waals surface area contributed by atoms with Crippen LogP contribution in [0.25, 0.3) is 10.4 Å². The van der Waals surface area contributed by atoms with Crippen LogP contribution in [0.15, 0.2) is 47.8 Å². The van der Waals surface area contributed by atoms with E-state index in [1.54, 1.807) is 11.3 Å². The molecule has 0 unspecified atom stereocenters. The summed E-state index contributed by atoms with van der Waals surface area (Å²) >= 11 is 1.70. The average Bonchev–Trinajstić information content (AvgIpc) is 3.28. The first-order chi connectivity index (χ1) is 14.0. The highest BCUT2D eigenvalue weighted by Crippen LogP contribution is 2.25. The molecular weight excluding hydrogens is 382 g/mol. The lowest BCUT2D eigenvalue weighted by molar-refractivity contribution is 0.0746. The highest BCUT2D eigenvalue weighted by atomic mass is 32.1. The number of carbonyl (C=O) groups excluding carboxylic acids is 1. The van der Waals surface area contributed by atoms with Crippen molar-refractivity contribution in [3.63, 3.8) is 0 Å². The van der Waals surface area contributed by atoms with Gasteiger partial charge in [0.15, 0.2) is 0 Å². The first kappa shape index (κ1) is 19.4. The molecule has 4 rings (SSSR count). The van der Waals surface area contributed by atoms with Gasteiger partial charge in [-0.3, -0.25) is 4.79 Å². The van der Waals surface area contributed by atoms with E-state index in [0.717, 1.165) is 41.7 Å². The van der Waals surface area contributed by atoms with Gasteiger partial charge in [0.1, 0.15) is 5.82 Å². The van der Waals surface area contributed by atoms with E-state index >= 15 is 0 Å². The van der Waals surface area contributed by atoms with Crippen LogP contribution < -0.4 is 9.80 Å². The highest BCUT2D eigenvalue weighted by molar-refractivity contribution is 7.13. The summed E-state index contributed by atoms with van der Waals surface area (Å²) < 4.78 is 0. The number of piperazine rings is 1. The zero-order chi connectivity index (χ0) is 20.4. The molecule has 0 spiro atoms. The van der Waals surface area contributed by atoms with Crippen LogP contribution in [0.5, 0.6) is 0 Å². The van der Waals surface area contributed by atoms with Gasteiger partial charge in [-0.25, -0.2) is 4.98 Å². The monoisotopic (exact) mass is 407 g/mol. The van der Waals surface area contributed by atoms with Crippen LogP contribution in [0, 0.1) is 6.92 Å². The molecule has 3 aromatic rings. The minimum absolute atomic E-state index is 0.0847. The molecule has 1 aliphatic rings. The highest BCUT2D eigenvalue weighted by Gasteiger charge is 2.24. The number of hydrogen-bond donors (Lipinski definition) is 0. The summed E-state index contributed by atoms with van der Waals surface area (Å²) in [6.07, 6.45) is 0. The van der Waals surface area contributed by atoms with Gasteiger partial charge in [0.05, 0.1) is 0 Å². The fourth-order valence-corrected chi connectivity index (χ4v) is 4.15. The van der Waals surface area contributed by atoms with E-state index in [0.29, 0.717) is 13.1 Å². The lowest BCUT2D eigenvalue weighted by Crippen LogP contribution is -2.49. The van der Waals surface area contributed by atoms with Crippen LogP contribution in [-0.4, -0.2) is 61.0 Å². The predicted molar refractivity (Wildman–Crippen MR) is 119 cm³/mol. The van der Waals surface area contributed by atoms with E-state index in [1.807, 2.05) is 67.2 Å². The largest absolute Gasteiger partial charge is 0.363 e. The molecule has 1 aliphatic heterocycles. The lowest BCUT2D eigenvalue weighted by atomic mass is 10.1. The summed E-state index contributed by atoms with van der Waals surface area (Å²) in [5.74, 6) is 1.72. The maximum absolute atomic E-state index is 12.9. The molecule has 29 heavy (non-hydrogen) atoms. The standard InChI is InChI=1S/C22H25N5OS/c1-16-15-20(25(2)3)24-22(23-16)27-12-10-26(11-13-27)21(28)18-8-6-17(7-9-18)19-5-4-14-29-19/h4-9,14-15H,10-13H2,1-3H3. The van der Waals surface area contributed by atoms with Crippen LogP contribution in [0.3, 0.4) is 0 Å². The number of aromatic nitrogens is 2. The Morgan fingerprint density at radius 1 is 1.03 bits per heavy atom. The number of benzene rings is 1. The van der Waals surface area contributed by atoms with Gasteiger partial charge >= 0.3 is 0 Å². The SMILES string of the molecule is Cc1cc(N(C)C)nc(N2CCN(C(=O)c3ccc(-c4cccs4)cc3)CC2)n1. The molecule has 0 atom stereocenters. The van der Waals surface area contributed by atoms with Crippen molar-refractivity contribution in [2.75, 3.05) is 50.1 Å². The van der Waals surface area contributed by atoms with E-state index in [4.69, 9.17) is 0 Å². The molecule has 1 amide bonds. The number of aryl methyl sites for hydroxylation is 1. The van der Waals surface area contributed by atoms with Gasteiger partial charge in [0.2, 0.25) is 5.95 Å². The van der Waals surface area contributed by atoms with Crippen molar-refractivity contribution in [1.29, 1.82) is 0 Å². The minimum Gasteiger partial charge on any atom is -0.363 e. The first-order valence-electron chi connectivity index (χ1n) is 9.72. The maximum atomic E-state index is 12.9. The maximum Gasteiger partial charge on any atom is 0.253 e. The molecule has 3 heterocycles. The lowest BCUT2D eigenvalue weighted by Gasteiger charge is -2.35. The summed E-state index contributed by atoms with van der Waals surface area (Å²) in [6, 6.07) is 14.0. The summed E-state index contributed by atoms with van der Waals surface area (Å²) in [5, 5.41) is 2.06. The fourth-order valence-electron chi connectivity index (χ4n) is 3.42. The summed E-state index contributed by atoms with van der Waals surface area (Å²) in [5.41, 5.74) is 2.83. The molecule has 6 nitrogen and oxygen atoms in total. The van der Waals surface area contributed by atoms with Crippen molar-refractivity contribution >= 4 is 29.0 Å². The number of rotatable bonds is 4. The van der Waals surface area contributed by atoms with E-state index < -0.39 is 0 Å². The minimum atomic E-state index is 0.0847. The third-order valence-electron chi connectivity index (χ3n) is 5.07. The molecule has 2 aromatic heterocycles. The van der Waals surface area contributed by atoms with Crippen LogP contribution in [0.4, 0.5) is 11.8 Å². The molecule has 0 radical (unpaired) electrons. The molecule has 0 aliphatic carbocycles. The van der Waals surface area contributed by atoms with Gasteiger partial charge in [0.25, 0.3) is 5.91 Å². The van der Waals surface area contributed by atoms with E-state index in [1.165, 1.54) is 4.88 Å². The zero-order valence-electron chi connectivity index (χ0n) is 17.0. The van der Waals surface area contributed by atoms with Crippen LogP contribution in [0.1, 0.15) is 16.1 Å². The van der Waals surface area contributed by atoms with Crippen molar-refractivity contribution < 1.29 is 4.79 Å².